The van der Waals surface area contributed by atoms with Crippen LogP contribution in [0.5, 0.6) is 0 Å². The average molecular weight is 314 g/mol. The average Bonchev–Trinajstić information content (AvgIpc) is 2.20. The first kappa shape index (κ1) is 14.0. The largest absolute Gasteiger partial charge is 0.390 e. The van der Waals surface area contributed by atoms with Crippen LogP contribution in [0, 0.1) is 5.82 Å². The van der Waals surface area contributed by atoms with Gasteiger partial charge in [-0.2, -0.15) is 13.2 Å². The van der Waals surface area contributed by atoms with E-state index in [2.05, 4.69) is 21.2 Å². The lowest BCUT2D eigenvalue weighted by molar-refractivity contribution is -0.132. The Morgan fingerprint density at radius 2 is 2.00 bits per heavy atom. The SMILES string of the molecule is O=C(NCCC(F)(F)F)c1ccc(Br)c(F)c1. The molecule has 0 aromatic heterocycles. The lowest BCUT2D eigenvalue weighted by Crippen LogP contribution is -2.27. The van der Waals surface area contributed by atoms with Gasteiger partial charge in [-0.25, -0.2) is 4.39 Å². The molecule has 0 heterocycles. The zero-order valence-electron chi connectivity index (χ0n) is 8.44. The summed E-state index contributed by atoms with van der Waals surface area (Å²) in [6.07, 6.45) is -5.43. The van der Waals surface area contributed by atoms with E-state index in [0.717, 1.165) is 6.07 Å². The van der Waals surface area contributed by atoms with Gasteiger partial charge in [-0.15, -0.1) is 0 Å². The van der Waals surface area contributed by atoms with E-state index in [1.807, 2.05) is 0 Å². The molecule has 7 heteroatoms. The van der Waals surface area contributed by atoms with Crippen LogP contribution in [0.4, 0.5) is 17.6 Å². The number of carbonyl (C=O) groups excluding carboxylic acids is 1. The number of rotatable bonds is 3. The molecule has 1 rings (SSSR count). The van der Waals surface area contributed by atoms with Crippen LogP contribution in [0.2, 0.25) is 0 Å². The topological polar surface area (TPSA) is 29.1 Å². The van der Waals surface area contributed by atoms with E-state index >= 15 is 0 Å². The second kappa shape index (κ2) is 5.48. The summed E-state index contributed by atoms with van der Waals surface area (Å²) in [6, 6.07) is 3.58. The van der Waals surface area contributed by atoms with Gasteiger partial charge in [0.25, 0.3) is 5.91 Å². The molecule has 0 saturated heterocycles. The van der Waals surface area contributed by atoms with Gasteiger partial charge < -0.3 is 5.32 Å². The van der Waals surface area contributed by atoms with Gasteiger partial charge in [-0.1, -0.05) is 0 Å². The third-order valence-corrected chi connectivity index (χ3v) is 2.52. The molecule has 94 valence electrons. The number of benzene rings is 1. The molecule has 0 spiro atoms. The van der Waals surface area contributed by atoms with Crippen molar-refractivity contribution in [2.45, 2.75) is 12.6 Å². The van der Waals surface area contributed by atoms with Gasteiger partial charge in [0.15, 0.2) is 0 Å². The maximum Gasteiger partial charge on any atom is 0.390 e. The molecular weight excluding hydrogens is 306 g/mol. The maximum absolute atomic E-state index is 13.0. The van der Waals surface area contributed by atoms with E-state index in [0.29, 0.717) is 0 Å². The standard InChI is InChI=1S/C10H8BrF4NO/c11-7-2-1-6(5-8(7)12)9(17)16-4-3-10(13,14)15/h1-2,5H,3-4H2,(H,16,17). The van der Waals surface area contributed by atoms with E-state index in [4.69, 9.17) is 0 Å². The molecule has 0 bridgehead atoms. The van der Waals surface area contributed by atoms with Crippen molar-refractivity contribution in [2.24, 2.45) is 0 Å². The highest BCUT2D eigenvalue weighted by Gasteiger charge is 2.26. The Morgan fingerprint density at radius 1 is 1.35 bits per heavy atom. The van der Waals surface area contributed by atoms with Gasteiger partial charge in [-0.3, -0.25) is 4.79 Å². The number of halogens is 5. The van der Waals surface area contributed by atoms with Crippen LogP contribution in [-0.2, 0) is 0 Å². The molecule has 0 atom stereocenters. The van der Waals surface area contributed by atoms with Crippen molar-refractivity contribution in [1.82, 2.24) is 5.32 Å². The molecule has 0 aliphatic carbocycles. The number of hydrogen-bond acceptors (Lipinski definition) is 1. The molecule has 2 nitrogen and oxygen atoms in total. The predicted molar refractivity (Wildman–Crippen MR) is 57.1 cm³/mol. The smallest absolute Gasteiger partial charge is 0.352 e. The quantitative estimate of drug-likeness (QED) is 0.853. The Kier molecular flexibility index (Phi) is 4.50. The Bertz CT molecular complexity index is 419. The minimum absolute atomic E-state index is 0.0205. The minimum Gasteiger partial charge on any atom is -0.352 e. The Balaban J connectivity index is 2.56. The van der Waals surface area contributed by atoms with Crippen LogP contribution in [0.15, 0.2) is 22.7 Å². The second-order valence-corrected chi connectivity index (χ2v) is 4.10. The van der Waals surface area contributed by atoms with E-state index in [1.165, 1.54) is 12.1 Å². The summed E-state index contributed by atoms with van der Waals surface area (Å²) in [5.41, 5.74) is -0.0205. The Hall–Kier alpha value is -1.11. The fourth-order valence-electron chi connectivity index (χ4n) is 1.06. The predicted octanol–water partition coefficient (Wildman–Crippen LogP) is 3.27. The molecule has 1 amide bonds. The van der Waals surface area contributed by atoms with Crippen LogP contribution in [-0.4, -0.2) is 18.6 Å². The summed E-state index contributed by atoms with van der Waals surface area (Å²) in [4.78, 5) is 11.3. The highest BCUT2D eigenvalue weighted by atomic mass is 79.9. The highest BCUT2D eigenvalue weighted by molar-refractivity contribution is 9.10. The molecule has 0 radical (unpaired) electrons. The number of carbonyl (C=O) groups is 1. The molecule has 1 aromatic rings. The highest BCUT2D eigenvalue weighted by Crippen LogP contribution is 2.19. The van der Waals surface area contributed by atoms with E-state index < -0.39 is 30.9 Å². The maximum atomic E-state index is 13.0. The first-order valence-corrected chi connectivity index (χ1v) is 5.39. The van der Waals surface area contributed by atoms with Gasteiger partial charge in [0.05, 0.1) is 10.9 Å². The van der Waals surface area contributed by atoms with E-state index in [-0.39, 0.29) is 10.0 Å². The lowest BCUT2D eigenvalue weighted by atomic mass is 10.2. The van der Waals surface area contributed by atoms with Crippen LogP contribution in [0.25, 0.3) is 0 Å². The third kappa shape index (κ3) is 4.72. The molecule has 0 fully saturated rings. The van der Waals surface area contributed by atoms with Crippen molar-refractivity contribution >= 4 is 21.8 Å². The molecule has 0 saturated carbocycles. The fraction of sp³-hybridized carbons (Fsp3) is 0.300. The molecule has 0 aliphatic heterocycles. The molecular formula is C10H8BrF4NO. The van der Waals surface area contributed by atoms with Crippen molar-refractivity contribution in [1.29, 1.82) is 0 Å². The molecule has 17 heavy (non-hydrogen) atoms. The van der Waals surface area contributed by atoms with Gasteiger partial charge in [0, 0.05) is 12.1 Å². The first-order chi connectivity index (χ1) is 7.79. The van der Waals surface area contributed by atoms with Crippen molar-refractivity contribution in [3.05, 3.63) is 34.1 Å². The van der Waals surface area contributed by atoms with Crippen LogP contribution < -0.4 is 5.32 Å². The first-order valence-electron chi connectivity index (χ1n) is 4.59. The van der Waals surface area contributed by atoms with Crippen molar-refractivity contribution in [3.63, 3.8) is 0 Å². The normalized spacial score (nSPS) is 11.4. The summed E-state index contributed by atoms with van der Waals surface area (Å²) in [5.74, 6) is -1.38. The summed E-state index contributed by atoms with van der Waals surface area (Å²) in [5, 5.41) is 2.06. The second-order valence-electron chi connectivity index (χ2n) is 3.25. The van der Waals surface area contributed by atoms with E-state index in [1.54, 1.807) is 0 Å². The summed E-state index contributed by atoms with van der Waals surface area (Å²) < 4.78 is 48.7. The Labute approximate surface area is 103 Å². The third-order valence-electron chi connectivity index (χ3n) is 1.88. The number of nitrogens with one attached hydrogen (secondary N) is 1. The summed E-state index contributed by atoms with van der Waals surface area (Å²) in [6.45, 7) is -0.528. The van der Waals surface area contributed by atoms with Crippen LogP contribution >= 0.6 is 15.9 Å². The molecule has 0 unspecified atom stereocenters. The van der Waals surface area contributed by atoms with Crippen molar-refractivity contribution in [2.75, 3.05) is 6.54 Å². The number of amides is 1. The lowest BCUT2D eigenvalue weighted by Gasteiger charge is -2.08. The number of hydrogen-bond donors (Lipinski definition) is 1. The van der Waals surface area contributed by atoms with Crippen LogP contribution in [0.1, 0.15) is 16.8 Å². The molecule has 0 aliphatic rings. The van der Waals surface area contributed by atoms with Gasteiger partial charge in [-0.05, 0) is 34.1 Å². The van der Waals surface area contributed by atoms with Gasteiger partial charge in [0.2, 0.25) is 0 Å². The summed E-state index contributed by atoms with van der Waals surface area (Å²) >= 11 is 2.90. The number of alkyl halides is 3. The van der Waals surface area contributed by atoms with E-state index in [9.17, 15) is 22.4 Å². The zero-order chi connectivity index (χ0) is 13.1. The molecule has 1 N–H and O–H groups in total. The summed E-state index contributed by atoms with van der Waals surface area (Å²) in [7, 11) is 0. The molecule has 1 aromatic carbocycles. The van der Waals surface area contributed by atoms with Gasteiger partial charge in [0.1, 0.15) is 5.82 Å². The minimum atomic E-state index is -4.32. The zero-order valence-corrected chi connectivity index (χ0v) is 10.0. The monoisotopic (exact) mass is 313 g/mol. The van der Waals surface area contributed by atoms with Crippen molar-refractivity contribution in [3.8, 4) is 0 Å². The van der Waals surface area contributed by atoms with Gasteiger partial charge >= 0.3 is 6.18 Å². The van der Waals surface area contributed by atoms with Crippen LogP contribution in [0.3, 0.4) is 0 Å². The fourth-order valence-corrected chi connectivity index (χ4v) is 1.30. The Morgan fingerprint density at radius 3 is 2.53 bits per heavy atom. The van der Waals surface area contributed by atoms with Crippen molar-refractivity contribution < 1.29 is 22.4 Å².